The van der Waals surface area contributed by atoms with E-state index in [0.29, 0.717) is 23.8 Å². The van der Waals surface area contributed by atoms with Crippen molar-refractivity contribution in [1.29, 1.82) is 0 Å². The van der Waals surface area contributed by atoms with Gasteiger partial charge >= 0.3 is 12.2 Å². The molecule has 1 N–H and O–H groups in total. The minimum atomic E-state index is -0.637. The van der Waals surface area contributed by atoms with E-state index in [1.165, 1.54) is 0 Å². The van der Waals surface area contributed by atoms with E-state index in [4.69, 9.17) is 21.1 Å². The van der Waals surface area contributed by atoms with Gasteiger partial charge in [0.05, 0.1) is 11.4 Å². The molecule has 0 radical (unpaired) electrons. The number of ether oxygens (including phenoxy) is 2. The molecule has 2 heterocycles. The molecule has 1 aromatic heterocycles. The van der Waals surface area contributed by atoms with E-state index < -0.39 is 17.8 Å². The molecule has 4 rings (SSSR count). The molecule has 2 aromatic carbocycles. The fourth-order valence-electron chi connectivity index (χ4n) is 4.06. The molecule has 37 heavy (non-hydrogen) atoms. The lowest BCUT2D eigenvalue weighted by molar-refractivity contribution is 0.0582. The van der Waals surface area contributed by atoms with Crippen LogP contribution in [0.2, 0.25) is 0 Å². The second kappa shape index (κ2) is 11.8. The zero-order valence-corrected chi connectivity index (χ0v) is 23.6. The van der Waals surface area contributed by atoms with Crippen molar-refractivity contribution in [3.8, 4) is 0 Å². The minimum Gasteiger partial charge on any atom is -0.448 e. The molecule has 0 fully saturated rings. The van der Waals surface area contributed by atoms with Crippen molar-refractivity contribution in [2.45, 2.75) is 49.5 Å². The molecule has 0 saturated heterocycles. The third kappa shape index (κ3) is 6.83. The van der Waals surface area contributed by atoms with Crippen LogP contribution in [0.25, 0.3) is 10.8 Å². The number of aromatic nitrogens is 1. The lowest BCUT2D eigenvalue weighted by Gasteiger charge is -2.25. The molecule has 10 heteroatoms. The molecule has 1 aliphatic heterocycles. The number of anilines is 2. The normalized spacial score (nSPS) is 15.8. The van der Waals surface area contributed by atoms with Gasteiger partial charge in [-0.15, -0.1) is 11.6 Å². The van der Waals surface area contributed by atoms with Gasteiger partial charge < -0.3 is 9.47 Å². The Hall–Kier alpha value is -2.62. The van der Waals surface area contributed by atoms with Crippen molar-refractivity contribution < 1.29 is 19.1 Å². The Morgan fingerprint density at radius 1 is 1.19 bits per heavy atom. The van der Waals surface area contributed by atoms with Crippen LogP contribution in [0.15, 0.2) is 59.8 Å². The number of amides is 2. The van der Waals surface area contributed by atoms with Crippen LogP contribution in [-0.4, -0.2) is 47.1 Å². The van der Waals surface area contributed by atoms with Crippen molar-refractivity contribution in [1.82, 2.24) is 4.98 Å². The number of carbonyl (C=O) groups is 2. The Morgan fingerprint density at radius 3 is 2.59 bits per heavy atom. The van der Waals surface area contributed by atoms with Crippen LogP contribution in [0.1, 0.15) is 39.2 Å². The van der Waals surface area contributed by atoms with Crippen LogP contribution in [0.5, 0.6) is 0 Å². The summed E-state index contributed by atoms with van der Waals surface area (Å²) < 4.78 is 11.2. The van der Waals surface area contributed by atoms with Gasteiger partial charge in [0.2, 0.25) is 0 Å². The number of hydrogen-bond acceptors (Lipinski definition) is 7. The lowest BCUT2D eigenvalue weighted by Crippen LogP contribution is -2.36. The van der Waals surface area contributed by atoms with Crippen LogP contribution in [0.3, 0.4) is 0 Å². The summed E-state index contributed by atoms with van der Waals surface area (Å²) in [5.41, 5.74) is 1.59. The molecule has 3 aromatic rings. The number of halogens is 1. The first-order valence-electron chi connectivity index (χ1n) is 12.0. The van der Waals surface area contributed by atoms with Gasteiger partial charge in [0.15, 0.2) is 0 Å². The van der Waals surface area contributed by atoms with Crippen molar-refractivity contribution in [2.24, 2.45) is 0 Å². The van der Waals surface area contributed by atoms with Crippen LogP contribution in [-0.2, 0) is 9.47 Å². The number of hydrogen-bond donors (Lipinski definition) is 1. The van der Waals surface area contributed by atoms with Gasteiger partial charge in [0, 0.05) is 35.2 Å². The van der Waals surface area contributed by atoms with Crippen molar-refractivity contribution in [3.05, 3.63) is 60.3 Å². The molecular weight excluding hydrogens is 530 g/mol. The Kier molecular flexibility index (Phi) is 8.77. The molecule has 0 aliphatic carbocycles. The molecule has 0 saturated carbocycles. The second-order valence-corrected chi connectivity index (χ2v) is 12.7. The lowest BCUT2D eigenvalue weighted by atomic mass is 9.95. The molecule has 2 unspecified atom stereocenters. The quantitative estimate of drug-likeness (QED) is 0.235. The van der Waals surface area contributed by atoms with Crippen LogP contribution in [0, 0.1) is 0 Å². The molecule has 7 nitrogen and oxygen atoms in total. The Morgan fingerprint density at radius 2 is 1.92 bits per heavy atom. The van der Waals surface area contributed by atoms with Crippen molar-refractivity contribution in [2.75, 3.05) is 29.2 Å². The number of rotatable bonds is 7. The van der Waals surface area contributed by atoms with E-state index in [2.05, 4.69) is 10.3 Å². The summed E-state index contributed by atoms with van der Waals surface area (Å²) in [6, 6.07) is 15.3. The van der Waals surface area contributed by atoms with Crippen LogP contribution in [0.4, 0.5) is 21.0 Å². The summed E-state index contributed by atoms with van der Waals surface area (Å²) in [4.78, 5) is 31.7. The monoisotopic (exact) mass is 559 g/mol. The number of alkyl halides is 1. The Labute approximate surface area is 230 Å². The van der Waals surface area contributed by atoms with E-state index in [-0.39, 0.29) is 17.8 Å². The standard InChI is InChI=1S/C27H30ClN3O4S2/c1-17(36-37-23-11-7-8-12-29-23)16-34-25(32)30-21-13-22-24(20-10-6-5-9-19(20)21)18(14-28)15-31(22)26(33)35-27(2,3)4/h5-13,17-18H,14-16H2,1-4H3,(H,30,32). The third-order valence-electron chi connectivity index (χ3n) is 5.59. The zero-order chi connectivity index (χ0) is 26.6. The van der Waals surface area contributed by atoms with E-state index in [1.54, 1.807) is 32.7 Å². The first-order chi connectivity index (χ1) is 17.7. The topological polar surface area (TPSA) is 80.8 Å². The minimum absolute atomic E-state index is 0.0513. The molecular formula is C27H30ClN3O4S2. The maximum Gasteiger partial charge on any atom is 0.414 e. The van der Waals surface area contributed by atoms with Gasteiger partial charge in [-0.3, -0.25) is 10.2 Å². The smallest absolute Gasteiger partial charge is 0.414 e. The van der Waals surface area contributed by atoms with Gasteiger partial charge in [0.1, 0.15) is 17.2 Å². The number of pyridine rings is 1. The summed E-state index contributed by atoms with van der Waals surface area (Å²) in [5.74, 6) is 0.307. The SMILES string of the molecule is CC(COC(=O)Nc1cc2c(c3ccccc13)C(CCl)CN2C(=O)OC(C)(C)C)SSc1ccccn1. The second-order valence-electron chi connectivity index (χ2n) is 9.73. The number of nitrogens with zero attached hydrogens (tertiary/aromatic N) is 2. The van der Waals surface area contributed by atoms with E-state index >= 15 is 0 Å². The molecule has 0 spiro atoms. The van der Waals surface area contributed by atoms with Gasteiger partial charge in [-0.2, -0.15) is 0 Å². The highest BCUT2D eigenvalue weighted by atomic mass is 35.5. The maximum atomic E-state index is 13.0. The summed E-state index contributed by atoms with van der Waals surface area (Å²) in [6.07, 6.45) is 0.745. The molecule has 0 bridgehead atoms. The first-order valence-corrected chi connectivity index (χ1v) is 14.7. The Balaban J connectivity index is 1.51. The van der Waals surface area contributed by atoms with Crippen molar-refractivity contribution in [3.63, 3.8) is 0 Å². The first kappa shape index (κ1) is 27.4. The third-order valence-corrected chi connectivity index (χ3v) is 8.72. The number of carbonyl (C=O) groups excluding carboxylic acids is 2. The number of benzene rings is 2. The summed E-state index contributed by atoms with van der Waals surface area (Å²) >= 11 is 6.32. The largest absolute Gasteiger partial charge is 0.448 e. The maximum absolute atomic E-state index is 13.0. The average molecular weight is 560 g/mol. The number of fused-ring (bicyclic) bond motifs is 3. The molecule has 1 aliphatic rings. The summed E-state index contributed by atoms with van der Waals surface area (Å²) in [5, 5.41) is 5.63. The predicted molar refractivity (Wildman–Crippen MR) is 153 cm³/mol. The van der Waals surface area contributed by atoms with Crippen LogP contribution < -0.4 is 10.2 Å². The number of nitrogens with one attached hydrogen (secondary N) is 1. The van der Waals surface area contributed by atoms with Crippen LogP contribution >= 0.6 is 33.2 Å². The summed E-state index contributed by atoms with van der Waals surface area (Å²) in [7, 11) is 3.13. The van der Waals surface area contributed by atoms with E-state index in [1.807, 2.05) is 76.2 Å². The fourth-order valence-corrected chi connectivity index (χ4v) is 6.19. The van der Waals surface area contributed by atoms with Crippen molar-refractivity contribution >= 4 is 67.5 Å². The highest BCUT2D eigenvalue weighted by Crippen LogP contribution is 2.45. The Bertz CT molecular complexity index is 1270. The van der Waals surface area contributed by atoms with Gasteiger partial charge in [-0.25, -0.2) is 14.6 Å². The molecule has 196 valence electrons. The van der Waals surface area contributed by atoms with E-state index in [0.717, 1.165) is 21.4 Å². The highest BCUT2D eigenvalue weighted by Gasteiger charge is 2.36. The average Bonchev–Trinajstić information content (AvgIpc) is 3.25. The van der Waals surface area contributed by atoms with Gasteiger partial charge in [-0.05, 0) is 67.6 Å². The van der Waals surface area contributed by atoms with Gasteiger partial charge in [-0.1, -0.05) is 41.1 Å². The van der Waals surface area contributed by atoms with E-state index in [9.17, 15) is 9.59 Å². The molecule has 2 atom stereocenters. The fraction of sp³-hybridized carbons (Fsp3) is 0.370. The predicted octanol–water partition coefficient (Wildman–Crippen LogP) is 7.69. The highest BCUT2D eigenvalue weighted by molar-refractivity contribution is 8.76. The summed E-state index contributed by atoms with van der Waals surface area (Å²) in [6.45, 7) is 8.13. The van der Waals surface area contributed by atoms with Gasteiger partial charge in [0.25, 0.3) is 0 Å². The zero-order valence-electron chi connectivity index (χ0n) is 21.2. The molecule has 2 amide bonds.